The molecule has 0 aliphatic carbocycles. The van der Waals surface area contributed by atoms with Crippen molar-refractivity contribution >= 4 is 0 Å². The average Bonchev–Trinajstić information content (AvgIpc) is 2.22. The Bertz CT molecular complexity index is 321. The minimum atomic E-state index is -0.813. The van der Waals surface area contributed by atoms with E-state index in [1.807, 2.05) is 0 Å². The molecule has 1 rings (SSSR count). The van der Waals surface area contributed by atoms with E-state index >= 15 is 0 Å². The molecule has 0 bridgehead atoms. The fourth-order valence-corrected chi connectivity index (χ4v) is 3.94. The molecular formula is C14H22OY. The molecule has 1 aromatic rings. The fraction of sp³-hybridized carbons (Fsp3) is 0.571. The predicted molar refractivity (Wildman–Crippen MR) is 65.4 cm³/mol. The van der Waals surface area contributed by atoms with E-state index in [1.165, 1.54) is 27.2 Å². The Morgan fingerprint density at radius 2 is 2.00 bits per heavy atom. The molecule has 1 nitrogen and oxygen atoms in total. The molecule has 0 saturated heterocycles. The van der Waals surface area contributed by atoms with Crippen molar-refractivity contribution in [2.75, 3.05) is 0 Å². The van der Waals surface area contributed by atoms with Crippen molar-refractivity contribution in [1.29, 1.82) is 0 Å². The van der Waals surface area contributed by atoms with Crippen molar-refractivity contribution < 1.29 is 31.8 Å². The summed E-state index contributed by atoms with van der Waals surface area (Å²) in [5, 5.41) is 0. The van der Waals surface area contributed by atoms with Gasteiger partial charge in [0.25, 0.3) is 0 Å². The monoisotopic (exact) mass is 295 g/mol. The maximum atomic E-state index is 5.99. The summed E-state index contributed by atoms with van der Waals surface area (Å²) in [7, 11) is 0. The Labute approximate surface area is 116 Å². The van der Waals surface area contributed by atoms with Crippen molar-refractivity contribution in [3.8, 4) is 5.75 Å². The Morgan fingerprint density at radius 1 is 1.25 bits per heavy atom. The predicted octanol–water partition coefficient (Wildman–Crippen LogP) is 4.53. The second kappa shape index (κ2) is 7.45. The molecule has 0 spiro atoms. The molecule has 0 N–H and O–H groups in total. The van der Waals surface area contributed by atoms with Gasteiger partial charge in [0.05, 0.1) is 0 Å². The molecule has 0 atom stereocenters. The molecule has 0 aliphatic heterocycles. The molecule has 16 heavy (non-hydrogen) atoms. The second-order valence-electron chi connectivity index (χ2n) is 4.88. The van der Waals surface area contributed by atoms with Crippen molar-refractivity contribution in [2.45, 2.75) is 43.8 Å². The van der Waals surface area contributed by atoms with Gasteiger partial charge in [-0.05, 0) is 0 Å². The van der Waals surface area contributed by atoms with Gasteiger partial charge in [-0.1, -0.05) is 0 Å². The number of rotatable bonds is 6. The van der Waals surface area contributed by atoms with E-state index in [4.69, 9.17) is 2.05 Å². The van der Waals surface area contributed by atoms with Crippen molar-refractivity contribution in [1.82, 2.24) is 0 Å². The summed E-state index contributed by atoms with van der Waals surface area (Å²) >= 11 is -0.813. The van der Waals surface area contributed by atoms with Crippen molar-refractivity contribution in [2.24, 2.45) is 5.92 Å². The average molecular weight is 295 g/mol. The normalized spacial score (nSPS) is 10.3. The zero-order valence-electron chi connectivity index (χ0n) is 10.9. The van der Waals surface area contributed by atoms with E-state index < -0.39 is 29.7 Å². The third-order valence-electron chi connectivity index (χ3n) is 2.66. The summed E-state index contributed by atoms with van der Waals surface area (Å²) in [5.74, 6) is 1.97. The van der Waals surface area contributed by atoms with Gasteiger partial charge in [-0.2, -0.15) is 0 Å². The molecule has 87 valence electrons. The number of hydrogen-bond donors (Lipinski definition) is 0. The van der Waals surface area contributed by atoms with Crippen LogP contribution < -0.4 is 2.05 Å². The summed E-state index contributed by atoms with van der Waals surface area (Å²) < 4.78 is 7.34. The Balaban J connectivity index is 2.29. The molecule has 0 heterocycles. The van der Waals surface area contributed by atoms with Crippen LogP contribution in [0.1, 0.15) is 37.8 Å². The first-order chi connectivity index (χ1) is 7.59. The van der Waals surface area contributed by atoms with Crippen LogP contribution in [0.4, 0.5) is 0 Å². The van der Waals surface area contributed by atoms with Gasteiger partial charge in [0.2, 0.25) is 0 Å². The van der Waals surface area contributed by atoms with E-state index in [-0.39, 0.29) is 0 Å². The summed E-state index contributed by atoms with van der Waals surface area (Å²) in [5.41, 5.74) is 2.58. The zero-order chi connectivity index (χ0) is 12.0. The van der Waals surface area contributed by atoms with Crippen LogP contribution in [-0.4, -0.2) is 0 Å². The number of hydrogen-bond acceptors (Lipinski definition) is 1. The van der Waals surface area contributed by atoms with E-state index in [2.05, 4.69) is 45.9 Å². The topological polar surface area (TPSA) is 9.23 Å². The van der Waals surface area contributed by atoms with Crippen LogP contribution >= 0.6 is 0 Å². The van der Waals surface area contributed by atoms with Gasteiger partial charge in [-0.3, -0.25) is 0 Å². The van der Waals surface area contributed by atoms with E-state index in [0.717, 1.165) is 11.7 Å². The molecule has 0 fully saturated rings. The van der Waals surface area contributed by atoms with Gasteiger partial charge in [-0.25, -0.2) is 0 Å². The molecule has 0 amide bonds. The Kier molecular flexibility index (Phi) is 6.61. The summed E-state index contributed by atoms with van der Waals surface area (Å²) in [4.78, 5) is 0. The van der Waals surface area contributed by atoms with Crippen molar-refractivity contribution in [3.05, 3.63) is 29.3 Å². The first-order valence-electron chi connectivity index (χ1n) is 6.15. The Hall–Kier alpha value is 0.124. The van der Waals surface area contributed by atoms with Crippen LogP contribution in [0.3, 0.4) is 0 Å². The quantitative estimate of drug-likeness (QED) is 0.700. The molecular weight excluding hydrogens is 273 g/mol. The molecule has 2 heteroatoms. The van der Waals surface area contributed by atoms with Crippen LogP contribution in [0.5, 0.6) is 5.75 Å². The van der Waals surface area contributed by atoms with Crippen molar-refractivity contribution in [3.63, 3.8) is 0 Å². The van der Waals surface area contributed by atoms with Crippen LogP contribution in [-0.2, 0) is 29.7 Å². The minimum absolute atomic E-state index is 0.813. The van der Waals surface area contributed by atoms with Gasteiger partial charge < -0.3 is 0 Å². The van der Waals surface area contributed by atoms with E-state index in [9.17, 15) is 0 Å². The van der Waals surface area contributed by atoms with Gasteiger partial charge in [0, 0.05) is 0 Å². The van der Waals surface area contributed by atoms with Gasteiger partial charge in [0.15, 0.2) is 0 Å². The summed E-state index contributed by atoms with van der Waals surface area (Å²) in [6.45, 7) is 8.83. The zero-order valence-corrected chi connectivity index (χ0v) is 13.8. The third-order valence-corrected chi connectivity index (χ3v) is 5.27. The number of benzene rings is 1. The van der Waals surface area contributed by atoms with E-state index in [1.54, 1.807) is 0 Å². The SMILES string of the molecule is Cc1ccc(C)c([O][Y][CH2]CCC(C)C)c1. The van der Waals surface area contributed by atoms with Gasteiger partial charge in [0.1, 0.15) is 0 Å². The summed E-state index contributed by atoms with van der Waals surface area (Å²) in [6.07, 6.45) is 2.70. The van der Waals surface area contributed by atoms with Gasteiger partial charge >= 0.3 is 117 Å². The van der Waals surface area contributed by atoms with E-state index in [0.29, 0.717) is 0 Å². The first kappa shape index (κ1) is 14.2. The molecule has 1 aromatic carbocycles. The summed E-state index contributed by atoms with van der Waals surface area (Å²) in [6, 6.07) is 6.47. The first-order valence-corrected chi connectivity index (χ1v) is 9.31. The molecule has 0 saturated carbocycles. The van der Waals surface area contributed by atoms with Crippen LogP contribution in [0.15, 0.2) is 18.2 Å². The molecule has 0 aromatic heterocycles. The molecule has 0 unspecified atom stereocenters. The van der Waals surface area contributed by atoms with Crippen LogP contribution in [0, 0.1) is 19.8 Å². The third kappa shape index (κ3) is 5.45. The standard InChI is InChI=1S/C8H10O.C6H13.Y/c1-6-3-4-7(2)8(9)5-6;1-4-5-6(2)3;/h3-5,9H,1-2H3;6H,1,4-5H2,2-3H3;/q;;+1/p-1. The second-order valence-corrected chi connectivity index (χ2v) is 7.70. The molecule has 0 aliphatic rings. The maximum absolute atomic E-state index is 5.99. The number of aryl methyl sites for hydroxylation is 2. The molecule has 0 radical (unpaired) electrons. The fourth-order valence-electron chi connectivity index (χ4n) is 1.59. The van der Waals surface area contributed by atoms with Crippen LogP contribution in [0.25, 0.3) is 0 Å². The van der Waals surface area contributed by atoms with Crippen LogP contribution in [0.2, 0.25) is 3.23 Å². The Morgan fingerprint density at radius 3 is 2.69 bits per heavy atom. The van der Waals surface area contributed by atoms with Gasteiger partial charge in [-0.15, -0.1) is 0 Å².